The lowest BCUT2D eigenvalue weighted by Gasteiger charge is -2.08. The summed E-state index contributed by atoms with van der Waals surface area (Å²) in [7, 11) is 0. The van der Waals surface area contributed by atoms with E-state index in [1.165, 1.54) is 18.3 Å². The molecule has 1 aromatic carbocycles. The fraction of sp³-hybridized carbons (Fsp3) is 0.133. The first-order valence-corrected chi connectivity index (χ1v) is 6.33. The Labute approximate surface area is 121 Å². The minimum absolute atomic E-state index is 0.107. The second-order valence-corrected chi connectivity index (χ2v) is 4.12. The number of benzene rings is 1. The molecule has 0 atom stereocenters. The lowest BCUT2D eigenvalue weighted by atomic mass is 10.2. The lowest BCUT2D eigenvalue weighted by molar-refractivity contribution is 0.0690. The number of carboxylic acid groups (broad SMARTS) is 1. The number of carbonyl (C=O) groups is 2. The molecule has 0 aliphatic rings. The topological polar surface area (TPSA) is 88.5 Å². The van der Waals surface area contributed by atoms with Crippen molar-refractivity contribution in [2.24, 2.45) is 0 Å². The highest BCUT2D eigenvalue weighted by Gasteiger charge is 2.16. The van der Waals surface area contributed by atoms with Crippen LogP contribution in [0.25, 0.3) is 0 Å². The summed E-state index contributed by atoms with van der Waals surface area (Å²) in [6, 6.07) is 12.0. The molecule has 1 heterocycles. The van der Waals surface area contributed by atoms with Crippen molar-refractivity contribution < 1.29 is 19.4 Å². The van der Waals surface area contributed by atoms with E-state index in [0.717, 1.165) is 0 Å². The predicted molar refractivity (Wildman–Crippen MR) is 75.5 cm³/mol. The van der Waals surface area contributed by atoms with E-state index in [1.807, 2.05) is 30.3 Å². The summed E-state index contributed by atoms with van der Waals surface area (Å²) in [5, 5.41) is 11.6. The third-order valence-electron chi connectivity index (χ3n) is 2.65. The van der Waals surface area contributed by atoms with Crippen molar-refractivity contribution in [1.29, 1.82) is 0 Å². The van der Waals surface area contributed by atoms with Crippen LogP contribution >= 0.6 is 0 Å². The molecule has 6 heteroatoms. The van der Waals surface area contributed by atoms with Crippen LogP contribution in [0.1, 0.15) is 20.8 Å². The van der Waals surface area contributed by atoms with Gasteiger partial charge in [-0.25, -0.2) is 4.79 Å². The fourth-order valence-electron chi connectivity index (χ4n) is 1.69. The van der Waals surface area contributed by atoms with Gasteiger partial charge in [0.2, 0.25) is 0 Å². The molecule has 0 fully saturated rings. The molecule has 2 rings (SSSR count). The van der Waals surface area contributed by atoms with Gasteiger partial charge in [-0.3, -0.25) is 9.78 Å². The van der Waals surface area contributed by atoms with Crippen LogP contribution in [-0.4, -0.2) is 35.1 Å². The predicted octanol–water partition coefficient (Wildman–Crippen LogP) is 1.59. The van der Waals surface area contributed by atoms with E-state index in [0.29, 0.717) is 5.75 Å². The number of carboxylic acids is 1. The number of aromatic nitrogens is 1. The molecule has 1 aromatic heterocycles. The van der Waals surface area contributed by atoms with Crippen LogP contribution in [0.4, 0.5) is 0 Å². The zero-order chi connectivity index (χ0) is 15.1. The number of hydrogen-bond acceptors (Lipinski definition) is 4. The molecule has 0 radical (unpaired) electrons. The first kappa shape index (κ1) is 14.5. The van der Waals surface area contributed by atoms with Gasteiger partial charge in [0, 0.05) is 6.20 Å². The minimum Gasteiger partial charge on any atom is -0.492 e. The van der Waals surface area contributed by atoms with Crippen LogP contribution < -0.4 is 10.1 Å². The summed E-state index contributed by atoms with van der Waals surface area (Å²) in [6.07, 6.45) is 1.38. The molecule has 108 valence electrons. The normalized spacial score (nSPS) is 9.90. The van der Waals surface area contributed by atoms with Crippen LogP contribution in [-0.2, 0) is 0 Å². The number of pyridine rings is 1. The first-order valence-electron chi connectivity index (χ1n) is 6.33. The Bertz CT molecular complexity index is 629. The van der Waals surface area contributed by atoms with Crippen molar-refractivity contribution in [3.8, 4) is 5.75 Å². The molecule has 0 saturated carbocycles. The number of aromatic carboxylic acids is 1. The van der Waals surface area contributed by atoms with Gasteiger partial charge in [-0.05, 0) is 24.3 Å². The summed E-state index contributed by atoms with van der Waals surface area (Å²) in [6.45, 7) is 0.536. The number of para-hydroxylation sites is 1. The molecular weight excluding hydrogens is 272 g/mol. The molecule has 0 saturated heterocycles. The maximum Gasteiger partial charge on any atom is 0.338 e. The van der Waals surface area contributed by atoms with Gasteiger partial charge in [-0.1, -0.05) is 18.2 Å². The van der Waals surface area contributed by atoms with Gasteiger partial charge < -0.3 is 15.2 Å². The van der Waals surface area contributed by atoms with Gasteiger partial charge in [0.05, 0.1) is 12.1 Å². The summed E-state index contributed by atoms with van der Waals surface area (Å²) < 4.78 is 5.42. The molecule has 0 bridgehead atoms. The Hall–Kier alpha value is -2.89. The molecule has 0 aliphatic heterocycles. The van der Waals surface area contributed by atoms with E-state index in [2.05, 4.69) is 10.3 Å². The highest BCUT2D eigenvalue weighted by molar-refractivity contribution is 6.03. The number of amides is 1. The number of rotatable bonds is 6. The maximum absolute atomic E-state index is 11.9. The molecule has 0 aliphatic carbocycles. The van der Waals surface area contributed by atoms with E-state index < -0.39 is 11.9 Å². The van der Waals surface area contributed by atoms with Gasteiger partial charge in [0.25, 0.3) is 5.91 Å². The standard InChI is InChI=1S/C15H14N2O4/c18-14(13-12(15(19)20)7-4-8-16-13)17-9-10-21-11-5-2-1-3-6-11/h1-8H,9-10H2,(H,17,18)(H,19,20). The van der Waals surface area contributed by atoms with Crippen LogP contribution in [0.15, 0.2) is 48.7 Å². The van der Waals surface area contributed by atoms with Gasteiger partial charge >= 0.3 is 5.97 Å². The van der Waals surface area contributed by atoms with Crippen molar-refractivity contribution in [1.82, 2.24) is 10.3 Å². The SMILES string of the molecule is O=C(O)c1cccnc1C(=O)NCCOc1ccccc1. The number of nitrogens with zero attached hydrogens (tertiary/aromatic N) is 1. The Kier molecular flexibility index (Phi) is 4.87. The van der Waals surface area contributed by atoms with Crippen molar-refractivity contribution in [3.63, 3.8) is 0 Å². The fourth-order valence-corrected chi connectivity index (χ4v) is 1.69. The summed E-state index contributed by atoms with van der Waals surface area (Å²) in [5.74, 6) is -1.02. The second-order valence-electron chi connectivity index (χ2n) is 4.12. The first-order chi connectivity index (χ1) is 10.2. The van der Waals surface area contributed by atoms with Crippen LogP contribution in [0.2, 0.25) is 0 Å². The van der Waals surface area contributed by atoms with Gasteiger partial charge in [-0.15, -0.1) is 0 Å². The molecule has 6 nitrogen and oxygen atoms in total. The third-order valence-corrected chi connectivity index (χ3v) is 2.65. The minimum atomic E-state index is -1.19. The molecule has 2 aromatic rings. The number of carbonyl (C=O) groups excluding carboxylic acids is 1. The monoisotopic (exact) mass is 286 g/mol. The highest BCUT2D eigenvalue weighted by atomic mass is 16.5. The summed E-state index contributed by atoms with van der Waals surface area (Å²) in [4.78, 5) is 26.7. The molecular formula is C15H14N2O4. The van der Waals surface area contributed by atoms with E-state index in [4.69, 9.17) is 9.84 Å². The highest BCUT2D eigenvalue weighted by Crippen LogP contribution is 2.08. The number of nitrogens with one attached hydrogen (secondary N) is 1. The van der Waals surface area contributed by atoms with E-state index in [9.17, 15) is 9.59 Å². The Balaban J connectivity index is 1.86. The van der Waals surface area contributed by atoms with E-state index in [-0.39, 0.29) is 24.4 Å². The van der Waals surface area contributed by atoms with Gasteiger partial charge in [0.1, 0.15) is 18.1 Å². The third kappa shape index (κ3) is 4.04. The number of hydrogen-bond donors (Lipinski definition) is 2. The van der Waals surface area contributed by atoms with Crippen LogP contribution in [0, 0.1) is 0 Å². The molecule has 1 amide bonds. The average molecular weight is 286 g/mol. The second kappa shape index (κ2) is 7.04. The average Bonchev–Trinajstić information content (AvgIpc) is 2.52. The summed E-state index contributed by atoms with van der Waals surface area (Å²) >= 11 is 0. The van der Waals surface area contributed by atoms with Crippen LogP contribution in [0.5, 0.6) is 5.75 Å². The molecule has 0 unspecified atom stereocenters. The Morgan fingerprint density at radius 2 is 1.90 bits per heavy atom. The smallest absolute Gasteiger partial charge is 0.338 e. The van der Waals surface area contributed by atoms with E-state index in [1.54, 1.807) is 0 Å². The van der Waals surface area contributed by atoms with E-state index >= 15 is 0 Å². The van der Waals surface area contributed by atoms with Gasteiger partial charge in [0.15, 0.2) is 0 Å². The van der Waals surface area contributed by atoms with Crippen molar-refractivity contribution in [3.05, 3.63) is 59.9 Å². The van der Waals surface area contributed by atoms with Crippen molar-refractivity contribution in [2.75, 3.05) is 13.2 Å². The van der Waals surface area contributed by atoms with Crippen LogP contribution in [0.3, 0.4) is 0 Å². The molecule has 21 heavy (non-hydrogen) atoms. The maximum atomic E-state index is 11.9. The Morgan fingerprint density at radius 1 is 1.14 bits per heavy atom. The summed E-state index contributed by atoms with van der Waals surface area (Å²) in [5.41, 5.74) is -0.233. The largest absolute Gasteiger partial charge is 0.492 e. The molecule has 0 spiro atoms. The lowest BCUT2D eigenvalue weighted by Crippen LogP contribution is -2.30. The molecule has 2 N–H and O–H groups in total. The zero-order valence-electron chi connectivity index (χ0n) is 11.2. The quantitative estimate of drug-likeness (QED) is 0.787. The van der Waals surface area contributed by atoms with Crippen molar-refractivity contribution >= 4 is 11.9 Å². The Morgan fingerprint density at radius 3 is 2.62 bits per heavy atom. The zero-order valence-corrected chi connectivity index (χ0v) is 11.2. The number of ether oxygens (including phenoxy) is 1. The van der Waals surface area contributed by atoms with Gasteiger partial charge in [-0.2, -0.15) is 0 Å². The van der Waals surface area contributed by atoms with Crippen molar-refractivity contribution in [2.45, 2.75) is 0 Å².